The van der Waals surface area contributed by atoms with Crippen LogP contribution in [0, 0.1) is 0 Å². The van der Waals surface area contributed by atoms with E-state index in [0.29, 0.717) is 77.8 Å². The third-order valence-electron chi connectivity index (χ3n) is 8.31. The van der Waals surface area contributed by atoms with Crippen molar-refractivity contribution < 1.29 is 63.2 Å². The molecule has 0 aromatic heterocycles. The summed E-state index contributed by atoms with van der Waals surface area (Å²) in [6, 6.07) is 2.55. The van der Waals surface area contributed by atoms with E-state index in [9.17, 15) is 0 Å². The van der Waals surface area contributed by atoms with Crippen molar-refractivity contribution in [2.24, 2.45) is 0 Å². The fraction of sp³-hybridized carbons (Fsp3) is 1.00. The second kappa shape index (κ2) is 18.0. The highest BCUT2D eigenvalue weighted by Gasteiger charge is 2.62. The molecule has 14 nitrogen and oxygen atoms in total. The third kappa shape index (κ3) is 13.6. The summed E-state index contributed by atoms with van der Waals surface area (Å²) in [5, 5.41) is 0. The van der Waals surface area contributed by atoms with Gasteiger partial charge in [-0.05, 0) is 50.9 Å². The Balaban J connectivity index is 1.28. The van der Waals surface area contributed by atoms with Crippen molar-refractivity contribution in [1.82, 2.24) is 0 Å². The van der Waals surface area contributed by atoms with Crippen LogP contribution < -0.4 is 0 Å². The Morgan fingerprint density at radius 1 is 0.457 bits per heavy atom. The molecule has 5 aliphatic rings. The minimum Gasteiger partial charge on any atom is -0.416 e. The maximum atomic E-state index is 7.20. The van der Waals surface area contributed by atoms with Gasteiger partial charge in [0.15, 0.2) is 0 Å². The maximum absolute atomic E-state index is 7.20. The largest absolute Gasteiger partial charge is 0.484 e. The number of ether oxygens (including phenoxy) is 8. The average Bonchev–Trinajstić information content (AvgIpc) is 3.82. The summed E-state index contributed by atoms with van der Waals surface area (Å²) < 4.78 is 85.8. The molecule has 5 heterocycles. The molecule has 0 saturated carbocycles. The topological polar surface area (TPSA) is 142 Å². The van der Waals surface area contributed by atoms with Crippen molar-refractivity contribution in [1.29, 1.82) is 0 Å². The average molecular weight is 729 g/mol. The number of hydrogen-bond acceptors (Lipinski definition) is 14. The summed E-state index contributed by atoms with van der Waals surface area (Å²) in [5.41, 5.74) is 0. The molecule has 0 N–H and O–H groups in total. The van der Waals surface area contributed by atoms with Crippen LogP contribution in [0.3, 0.4) is 0 Å². The van der Waals surface area contributed by atoms with Gasteiger partial charge in [-0.15, -0.1) is 0 Å². The normalized spacial score (nSPS) is 38.3. The molecule has 0 radical (unpaired) electrons. The Hall–Kier alpha value is 0.308. The Morgan fingerprint density at radius 2 is 0.761 bits per heavy atom. The highest BCUT2D eigenvalue weighted by Crippen LogP contribution is 2.39. The molecule has 5 rings (SSSR count). The molecule has 0 bridgehead atoms. The van der Waals surface area contributed by atoms with E-state index in [1.165, 1.54) is 0 Å². The van der Waals surface area contributed by atoms with E-state index in [1.54, 1.807) is 14.2 Å². The molecule has 5 aliphatic heterocycles. The quantitative estimate of drug-likeness (QED) is 0.0732. The van der Waals surface area contributed by atoms with E-state index in [4.69, 9.17) is 63.2 Å². The highest BCUT2D eigenvalue weighted by atomic mass is 28.5. The van der Waals surface area contributed by atoms with E-state index < -0.39 is 34.7 Å². The molecule has 46 heavy (non-hydrogen) atoms. The monoisotopic (exact) mass is 728 g/mol. The van der Waals surface area contributed by atoms with E-state index in [1.807, 2.05) is 0 Å². The van der Waals surface area contributed by atoms with Gasteiger partial charge >= 0.3 is 34.7 Å². The first kappa shape index (κ1) is 37.6. The molecular weight excluding hydrogens is 673 g/mol. The Kier molecular flexibility index (Phi) is 14.7. The molecule has 6 unspecified atom stereocenters. The summed E-state index contributed by atoms with van der Waals surface area (Å²) in [6.07, 6.45) is 3.88. The van der Waals surface area contributed by atoms with Gasteiger partial charge in [-0.2, -0.15) is 0 Å². The van der Waals surface area contributed by atoms with Gasteiger partial charge in [0.25, 0.3) is 0 Å². The number of rotatable bonds is 26. The van der Waals surface area contributed by atoms with E-state index in [0.717, 1.165) is 51.4 Å². The highest BCUT2D eigenvalue weighted by molar-refractivity contribution is 6.91. The van der Waals surface area contributed by atoms with Gasteiger partial charge < -0.3 is 63.2 Å². The summed E-state index contributed by atoms with van der Waals surface area (Å²) >= 11 is 0. The molecule has 0 aromatic carbocycles. The van der Waals surface area contributed by atoms with E-state index in [-0.39, 0.29) is 24.4 Å². The molecule has 0 amide bonds. The third-order valence-corrected chi connectivity index (χ3v) is 25.9. The van der Waals surface area contributed by atoms with Crippen LogP contribution in [0.4, 0.5) is 0 Å². The van der Waals surface area contributed by atoms with Crippen molar-refractivity contribution in [2.75, 3.05) is 93.5 Å². The molecule has 0 aromatic rings. The fourth-order valence-electron chi connectivity index (χ4n) is 5.50. The molecule has 5 saturated heterocycles. The summed E-state index contributed by atoms with van der Waals surface area (Å²) in [7, 11) is -9.19. The molecule has 8 atom stereocenters. The van der Waals surface area contributed by atoms with Crippen LogP contribution in [0.5, 0.6) is 0 Å². The van der Waals surface area contributed by atoms with E-state index in [2.05, 4.69) is 13.1 Å². The fourth-order valence-corrected chi connectivity index (χ4v) is 26.2. The second-order valence-electron chi connectivity index (χ2n) is 13.0. The molecule has 5 fully saturated rings. The minimum atomic E-state index is -3.36. The molecule has 0 spiro atoms. The van der Waals surface area contributed by atoms with Gasteiger partial charge in [0.1, 0.15) is 24.4 Å². The molecular formula is C28H56O14Si4. The van der Waals surface area contributed by atoms with Crippen molar-refractivity contribution in [3.63, 3.8) is 0 Å². The van der Waals surface area contributed by atoms with Crippen molar-refractivity contribution >= 4 is 34.7 Å². The Labute approximate surface area is 278 Å². The predicted octanol–water partition coefficient (Wildman–Crippen LogP) is 2.60. The van der Waals surface area contributed by atoms with Gasteiger partial charge in [-0.25, -0.2) is 0 Å². The minimum absolute atomic E-state index is 0.214. The molecule has 0 aliphatic carbocycles. The summed E-state index contributed by atoms with van der Waals surface area (Å²) in [4.78, 5) is 0. The van der Waals surface area contributed by atoms with Crippen LogP contribution in [0.2, 0.25) is 37.3 Å². The van der Waals surface area contributed by atoms with Crippen molar-refractivity contribution in [3.8, 4) is 0 Å². The van der Waals surface area contributed by atoms with Gasteiger partial charge in [0, 0.05) is 52.7 Å². The number of epoxide rings is 4. The lowest BCUT2D eigenvalue weighted by Crippen LogP contribution is -2.70. The summed E-state index contributed by atoms with van der Waals surface area (Å²) in [6.45, 7) is 12.1. The maximum Gasteiger partial charge on any atom is 0.484 e. The lowest BCUT2D eigenvalue weighted by atomic mass is 10.5. The first-order valence-electron chi connectivity index (χ1n) is 16.9. The van der Waals surface area contributed by atoms with Gasteiger partial charge in [0.05, 0.1) is 52.9 Å². The first-order chi connectivity index (χ1) is 22.3. The van der Waals surface area contributed by atoms with Crippen LogP contribution in [0.1, 0.15) is 25.7 Å². The standard InChI is InChI=1S/C28H56O14Si4/c1-29-45(15-7-11-33-19-27-23-37-27)40-43(3,13-5-9-31-17-25-21-35-25)39-44(4,14-6-10-32-18-26-22-36-26)41-46(30-2,42-45)16-8-12-34-20-28-24-38-28/h25-28H,5-24H2,1-4H3/t25?,26?,27?,28?,43-,44+,45?,46?. The second-order valence-corrected chi connectivity index (χ2v) is 26.3. The first-order valence-corrected chi connectivity index (χ1v) is 25.9. The van der Waals surface area contributed by atoms with Crippen LogP contribution in [-0.2, 0) is 63.2 Å². The van der Waals surface area contributed by atoms with Gasteiger partial charge in [-0.1, -0.05) is 0 Å². The molecule has 268 valence electrons. The zero-order valence-electron chi connectivity index (χ0n) is 28.2. The van der Waals surface area contributed by atoms with Crippen LogP contribution in [0.25, 0.3) is 0 Å². The SMILES string of the molecule is CO[Si]1(CCCOCC2CO2)O[Si](CCCOCC2CO2)(OC)O[Si@@](C)(CCCOCC2CO2)O[Si@@](C)(CCCOCC2CO2)O1. The number of hydrogen-bond donors (Lipinski definition) is 0. The predicted molar refractivity (Wildman–Crippen MR) is 173 cm³/mol. The van der Waals surface area contributed by atoms with Gasteiger partial charge in [-0.3, -0.25) is 0 Å². The van der Waals surface area contributed by atoms with Gasteiger partial charge in [0.2, 0.25) is 0 Å². The Morgan fingerprint density at radius 3 is 1.04 bits per heavy atom. The lowest BCUT2D eigenvalue weighted by Gasteiger charge is -2.49. The lowest BCUT2D eigenvalue weighted by molar-refractivity contribution is 0.0777. The smallest absolute Gasteiger partial charge is 0.416 e. The zero-order valence-corrected chi connectivity index (χ0v) is 32.2. The molecule has 18 heteroatoms. The van der Waals surface area contributed by atoms with Crippen LogP contribution in [0.15, 0.2) is 0 Å². The van der Waals surface area contributed by atoms with Crippen LogP contribution >= 0.6 is 0 Å². The zero-order chi connectivity index (χ0) is 32.4. The van der Waals surface area contributed by atoms with Crippen molar-refractivity contribution in [2.45, 2.75) is 87.4 Å². The summed E-state index contributed by atoms with van der Waals surface area (Å²) in [5.74, 6) is 0. The van der Waals surface area contributed by atoms with E-state index >= 15 is 0 Å². The van der Waals surface area contributed by atoms with Crippen molar-refractivity contribution in [3.05, 3.63) is 0 Å². The van der Waals surface area contributed by atoms with Crippen LogP contribution in [-0.4, -0.2) is 153 Å². The Bertz CT molecular complexity index is 832.